The second kappa shape index (κ2) is 3.89. The molecule has 1 aromatic heterocycles. The van der Waals surface area contributed by atoms with Gasteiger partial charge >= 0.3 is 0 Å². The lowest BCUT2D eigenvalue weighted by Gasteiger charge is -2.10. The average molecular weight is 208 g/mol. The number of aryl methyl sites for hydroxylation is 1. The lowest BCUT2D eigenvalue weighted by Crippen LogP contribution is -2.01. The first-order valence-corrected chi connectivity index (χ1v) is 5.51. The van der Waals surface area contributed by atoms with Crippen molar-refractivity contribution in [2.75, 3.05) is 0 Å². The van der Waals surface area contributed by atoms with E-state index in [0.717, 1.165) is 35.5 Å². The van der Waals surface area contributed by atoms with Crippen LogP contribution in [0.1, 0.15) is 17.7 Å². The van der Waals surface area contributed by atoms with Crippen molar-refractivity contribution >= 4 is 6.08 Å². The highest BCUT2D eigenvalue weighted by molar-refractivity contribution is 5.59. The predicted molar refractivity (Wildman–Crippen MR) is 64.8 cm³/mol. The second-order valence-electron chi connectivity index (χ2n) is 3.90. The van der Waals surface area contributed by atoms with Crippen molar-refractivity contribution in [3.8, 4) is 11.4 Å². The summed E-state index contributed by atoms with van der Waals surface area (Å²) in [6, 6.07) is 10.1. The van der Waals surface area contributed by atoms with Crippen molar-refractivity contribution in [1.82, 2.24) is 9.97 Å². The molecule has 1 aliphatic carbocycles. The molecule has 0 aliphatic heterocycles. The van der Waals surface area contributed by atoms with Crippen LogP contribution in [-0.2, 0) is 6.42 Å². The zero-order valence-electron chi connectivity index (χ0n) is 8.93. The van der Waals surface area contributed by atoms with Gasteiger partial charge in [-0.25, -0.2) is 9.97 Å². The fourth-order valence-corrected chi connectivity index (χ4v) is 1.92. The summed E-state index contributed by atoms with van der Waals surface area (Å²) in [6.45, 7) is 0. The first kappa shape index (κ1) is 9.28. The average Bonchev–Trinajstić information content (AvgIpc) is 2.39. The van der Waals surface area contributed by atoms with Crippen molar-refractivity contribution < 1.29 is 0 Å². The van der Waals surface area contributed by atoms with Crippen LogP contribution in [0.4, 0.5) is 0 Å². The van der Waals surface area contributed by atoms with Gasteiger partial charge in [0.2, 0.25) is 0 Å². The third-order valence-electron chi connectivity index (χ3n) is 2.78. The number of nitrogens with zero attached hydrogens (tertiary/aromatic N) is 2. The Bertz CT molecular complexity index is 530. The summed E-state index contributed by atoms with van der Waals surface area (Å²) in [7, 11) is 0. The Morgan fingerprint density at radius 1 is 1.06 bits per heavy atom. The monoisotopic (exact) mass is 208 g/mol. The van der Waals surface area contributed by atoms with Gasteiger partial charge in [0.05, 0.1) is 5.69 Å². The van der Waals surface area contributed by atoms with Crippen LogP contribution < -0.4 is 0 Å². The third-order valence-corrected chi connectivity index (χ3v) is 2.78. The normalized spacial score (nSPS) is 13.5. The maximum atomic E-state index is 4.62. The topological polar surface area (TPSA) is 25.8 Å². The lowest BCUT2D eigenvalue weighted by molar-refractivity contribution is 0.912. The number of fused-ring (bicyclic) bond motifs is 1. The van der Waals surface area contributed by atoms with Crippen molar-refractivity contribution in [3.63, 3.8) is 0 Å². The molecule has 2 heteroatoms. The Morgan fingerprint density at radius 2 is 1.94 bits per heavy atom. The highest BCUT2D eigenvalue weighted by Crippen LogP contribution is 2.20. The summed E-state index contributed by atoms with van der Waals surface area (Å²) < 4.78 is 0. The van der Waals surface area contributed by atoms with E-state index in [-0.39, 0.29) is 0 Å². The van der Waals surface area contributed by atoms with E-state index >= 15 is 0 Å². The van der Waals surface area contributed by atoms with E-state index in [2.05, 4.69) is 22.1 Å². The zero-order chi connectivity index (χ0) is 10.8. The molecule has 0 radical (unpaired) electrons. The molecular formula is C14H12N2. The van der Waals surface area contributed by atoms with E-state index in [9.17, 15) is 0 Å². The Kier molecular flexibility index (Phi) is 2.26. The van der Waals surface area contributed by atoms with Crippen LogP contribution in [0.25, 0.3) is 17.5 Å². The zero-order valence-corrected chi connectivity index (χ0v) is 8.93. The van der Waals surface area contributed by atoms with Gasteiger partial charge in [-0.2, -0.15) is 0 Å². The number of allylic oxidation sites excluding steroid dienone is 1. The third kappa shape index (κ3) is 1.63. The quantitative estimate of drug-likeness (QED) is 0.719. The molecule has 0 saturated heterocycles. The molecule has 0 unspecified atom stereocenters. The van der Waals surface area contributed by atoms with Gasteiger partial charge in [0, 0.05) is 17.3 Å². The van der Waals surface area contributed by atoms with Crippen LogP contribution in [0, 0.1) is 0 Å². The number of aromatic nitrogens is 2. The maximum absolute atomic E-state index is 4.62. The molecule has 0 amide bonds. The van der Waals surface area contributed by atoms with Gasteiger partial charge in [-0.3, -0.25) is 0 Å². The first-order chi connectivity index (χ1) is 7.93. The Morgan fingerprint density at radius 3 is 2.81 bits per heavy atom. The van der Waals surface area contributed by atoms with Gasteiger partial charge in [-0.1, -0.05) is 42.5 Å². The summed E-state index contributed by atoms with van der Waals surface area (Å²) >= 11 is 0. The highest BCUT2D eigenvalue weighted by atomic mass is 14.9. The molecule has 3 rings (SSSR count). The molecule has 0 saturated carbocycles. The number of hydrogen-bond acceptors (Lipinski definition) is 2. The van der Waals surface area contributed by atoms with Crippen LogP contribution >= 0.6 is 0 Å². The van der Waals surface area contributed by atoms with Crippen LogP contribution in [-0.4, -0.2) is 9.97 Å². The molecule has 2 nitrogen and oxygen atoms in total. The molecular weight excluding hydrogens is 196 g/mol. The van der Waals surface area contributed by atoms with Gasteiger partial charge in [0.15, 0.2) is 5.82 Å². The van der Waals surface area contributed by atoms with Gasteiger partial charge in [0.1, 0.15) is 0 Å². The minimum atomic E-state index is 0.828. The maximum Gasteiger partial charge on any atom is 0.159 e. The van der Waals surface area contributed by atoms with Gasteiger partial charge in [-0.15, -0.1) is 0 Å². The van der Waals surface area contributed by atoms with Gasteiger partial charge in [-0.05, 0) is 12.8 Å². The molecule has 0 spiro atoms. The highest BCUT2D eigenvalue weighted by Gasteiger charge is 2.08. The molecule has 1 aliphatic rings. The van der Waals surface area contributed by atoms with Crippen molar-refractivity contribution in [2.24, 2.45) is 0 Å². The Labute approximate surface area is 94.7 Å². The molecule has 0 atom stereocenters. The first-order valence-electron chi connectivity index (χ1n) is 5.51. The Balaban J connectivity index is 2.07. The summed E-state index contributed by atoms with van der Waals surface area (Å²) in [4.78, 5) is 9.02. The Hall–Kier alpha value is -1.96. The molecule has 0 N–H and O–H groups in total. The largest absolute Gasteiger partial charge is 0.236 e. The summed E-state index contributed by atoms with van der Waals surface area (Å²) in [5.74, 6) is 0.828. The summed E-state index contributed by atoms with van der Waals surface area (Å²) in [5.41, 5.74) is 3.40. The fourth-order valence-electron chi connectivity index (χ4n) is 1.92. The molecule has 1 heterocycles. The van der Waals surface area contributed by atoms with Gasteiger partial charge < -0.3 is 0 Å². The van der Waals surface area contributed by atoms with Crippen LogP contribution in [0.2, 0.25) is 0 Å². The molecule has 16 heavy (non-hydrogen) atoms. The molecule has 2 aromatic rings. The van der Waals surface area contributed by atoms with E-state index < -0.39 is 0 Å². The van der Waals surface area contributed by atoms with Crippen LogP contribution in [0.5, 0.6) is 0 Å². The van der Waals surface area contributed by atoms with E-state index in [1.807, 2.05) is 36.5 Å². The number of rotatable bonds is 1. The smallest absolute Gasteiger partial charge is 0.159 e. The molecule has 0 fully saturated rings. The van der Waals surface area contributed by atoms with E-state index in [4.69, 9.17) is 0 Å². The molecule has 1 aromatic carbocycles. The lowest BCUT2D eigenvalue weighted by atomic mass is 10.0. The minimum absolute atomic E-state index is 0.828. The standard InChI is InChI=1S/C14H12N2/c1-2-6-11(7-3-1)14-15-10-12-8-4-5-9-13(12)16-14/h1-4,6-8,10H,5,9H2. The minimum Gasteiger partial charge on any atom is -0.236 e. The van der Waals surface area contributed by atoms with E-state index in [1.165, 1.54) is 0 Å². The second-order valence-corrected chi connectivity index (χ2v) is 3.90. The summed E-state index contributed by atoms with van der Waals surface area (Å²) in [6.07, 6.45) is 8.30. The van der Waals surface area contributed by atoms with Gasteiger partial charge in [0.25, 0.3) is 0 Å². The summed E-state index contributed by atoms with van der Waals surface area (Å²) in [5, 5.41) is 0. The molecule has 78 valence electrons. The van der Waals surface area contributed by atoms with E-state index in [0.29, 0.717) is 0 Å². The predicted octanol–water partition coefficient (Wildman–Crippen LogP) is 3.10. The van der Waals surface area contributed by atoms with Crippen LogP contribution in [0.15, 0.2) is 42.6 Å². The number of hydrogen-bond donors (Lipinski definition) is 0. The fraction of sp³-hybridized carbons (Fsp3) is 0.143. The van der Waals surface area contributed by atoms with Crippen molar-refractivity contribution in [3.05, 3.63) is 53.9 Å². The van der Waals surface area contributed by atoms with Crippen molar-refractivity contribution in [1.29, 1.82) is 0 Å². The molecule has 0 bridgehead atoms. The van der Waals surface area contributed by atoms with E-state index in [1.54, 1.807) is 0 Å². The van der Waals surface area contributed by atoms with Crippen LogP contribution in [0.3, 0.4) is 0 Å². The number of benzene rings is 1. The SMILES string of the molecule is C1=Cc2cnc(-c3ccccc3)nc2CC1. The van der Waals surface area contributed by atoms with Crippen molar-refractivity contribution in [2.45, 2.75) is 12.8 Å².